The Labute approximate surface area is 193 Å². The number of ether oxygens (including phenoxy) is 1. The highest BCUT2D eigenvalue weighted by molar-refractivity contribution is 5.50. The van der Waals surface area contributed by atoms with E-state index in [1.165, 1.54) is 11.3 Å². The molecular weight excluding hydrogens is 394 g/mol. The first-order chi connectivity index (χ1) is 15.5. The van der Waals surface area contributed by atoms with Crippen LogP contribution in [0.2, 0.25) is 0 Å². The second-order valence-corrected chi connectivity index (χ2v) is 8.99. The second kappa shape index (κ2) is 11.7. The van der Waals surface area contributed by atoms with Crippen LogP contribution in [-0.4, -0.2) is 17.2 Å². The first-order valence-corrected chi connectivity index (χ1v) is 11.7. The van der Waals surface area contributed by atoms with Crippen LogP contribution in [0, 0.1) is 0 Å². The molecule has 32 heavy (non-hydrogen) atoms. The number of nitrogens with zero attached hydrogens (tertiary/aromatic N) is 1. The van der Waals surface area contributed by atoms with Crippen LogP contribution in [0.3, 0.4) is 0 Å². The number of aliphatic hydroxyl groups is 1. The zero-order chi connectivity index (χ0) is 22.9. The van der Waals surface area contributed by atoms with E-state index in [0.717, 1.165) is 41.7 Å². The summed E-state index contributed by atoms with van der Waals surface area (Å²) in [4.78, 5) is 2.46. The van der Waals surface area contributed by atoms with Gasteiger partial charge in [-0.05, 0) is 93.5 Å². The lowest BCUT2D eigenvalue weighted by atomic mass is 10.0. The van der Waals surface area contributed by atoms with Gasteiger partial charge >= 0.3 is 0 Å². The largest absolute Gasteiger partial charge is 0.489 e. The number of hydrogen-bond donors (Lipinski definition) is 1. The molecule has 0 spiro atoms. The highest BCUT2D eigenvalue weighted by atomic mass is 16.5. The fourth-order valence-electron chi connectivity index (χ4n) is 4.35. The predicted molar refractivity (Wildman–Crippen MR) is 134 cm³/mol. The van der Waals surface area contributed by atoms with Gasteiger partial charge in [-0.2, -0.15) is 0 Å². The zero-order valence-corrected chi connectivity index (χ0v) is 19.9. The Bertz CT molecular complexity index is 958. The Kier molecular flexibility index (Phi) is 8.75. The van der Waals surface area contributed by atoms with Crippen molar-refractivity contribution in [1.29, 1.82) is 0 Å². The average Bonchev–Trinajstić information content (AvgIpc) is 2.78. The quantitative estimate of drug-likeness (QED) is 0.373. The Balaban J connectivity index is 1.67. The van der Waals surface area contributed by atoms with Crippen molar-refractivity contribution in [3.05, 3.63) is 95.1 Å². The van der Waals surface area contributed by atoms with Gasteiger partial charge in [0.1, 0.15) is 12.4 Å². The first-order valence-electron chi connectivity index (χ1n) is 11.7. The Hall–Kier alpha value is -2.78. The predicted octanol–water partition coefficient (Wildman–Crippen LogP) is 6.56. The number of rotatable bonds is 11. The standard InChI is InChI=1S/C29H37NO2/c1-22(2)30(23(3)4)28-15-9-13-24(19-28)12-8-14-27-18-26(20-31)16-17-29(27)32-21-25-10-6-5-7-11-25/h5-7,9-11,13,15-19,22-23,31H,8,12,14,20-21H2,1-4H3. The molecule has 0 aliphatic carbocycles. The molecule has 0 aromatic heterocycles. The summed E-state index contributed by atoms with van der Waals surface area (Å²) in [5, 5.41) is 9.59. The lowest BCUT2D eigenvalue weighted by Gasteiger charge is -2.33. The number of benzene rings is 3. The van der Waals surface area contributed by atoms with Crippen LogP contribution >= 0.6 is 0 Å². The van der Waals surface area contributed by atoms with E-state index in [-0.39, 0.29) is 6.61 Å². The minimum atomic E-state index is 0.0499. The molecule has 0 amide bonds. The highest BCUT2D eigenvalue weighted by Crippen LogP contribution is 2.25. The molecule has 0 saturated heterocycles. The summed E-state index contributed by atoms with van der Waals surface area (Å²) in [5.74, 6) is 0.908. The molecule has 3 aromatic carbocycles. The second-order valence-electron chi connectivity index (χ2n) is 8.99. The average molecular weight is 432 g/mol. The molecule has 0 atom stereocenters. The van der Waals surface area contributed by atoms with Crippen molar-refractivity contribution in [3.63, 3.8) is 0 Å². The molecule has 3 rings (SSSR count). The van der Waals surface area contributed by atoms with Gasteiger partial charge in [-0.3, -0.25) is 0 Å². The van der Waals surface area contributed by atoms with Crippen LogP contribution in [-0.2, 0) is 26.1 Å². The van der Waals surface area contributed by atoms with Crippen molar-refractivity contribution in [2.75, 3.05) is 4.90 Å². The lowest BCUT2D eigenvalue weighted by Crippen LogP contribution is -2.36. The van der Waals surface area contributed by atoms with E-state index < -0.39 is 0 Å². The number of anilines is 1. The number of hydrogen-bond acceptors (Lipinski definition) is 3. The van der Waals surface area contributed by atoms with Crippen LogP contribution in [0.25, 0.3) is 0 Å². The topological polar surface area (TPSA) is 32.7 Å². The Morgan fingerprint density at radius 1 is 0.750 bits per heavy atom. The van der Waals surface area contributed by atoms with Crippen molar-refractivity contribution in [1.82, 2.24) is 0 Å². The number of aliphatic hydroxyl groups excluding tert-OH is 1. The molecule has 3 nitrogen and oxygen atoms in total. The molecule has 0 heterocycles. The third-order valence-corrected chi connectivity index (χ3v) is 5.78. The lowest BCUT2D eigenvalue weighted by molar-refractivity contribution is 0.280. The number of aryl methyl sites for hydroxylation is 2. The monoisotopic (exact) mass is 431 g/mol. The summed E-state index contributed by atoms with van der Waals surface area (Å²) in [6.07, 6.45) is 2.96. The van der Waals surface area contributed by atoms with Gasteiger partial charge in [0.25, 0.3) is 0 Å². The van der Waals surface area contributed by atoms with Gasteiger partial charge in [0.05, 0.1) is 6.61 Å². The van der Waals surface area contributed by atoms with E-state index in [4.69, 9.17) is 4.74 Å². The molecule has 3 aromatic rings. The zero-order valence-electron chi connectivity index (χ0n) is 19.9. The van der Waals surface area contributed by atoms with Gasteiger partial charge in [0.15, 0.2) is 0 Å². The molecule has 0 bridgehead atoms. The van der Waals surface area contributed by atoms with Gasteiger partial charge in [-0.15, -0.1) is 0 Å². The molecule has 3 heteroatoms. The van der Waals surface area contributed by atoms with Gasteiger partial charge in [0, 0.05) is 17.8 Å². The molecule has 0 fully saturated rings. The molecule has 0 aliphatic rings. The summed E-state index contributed by atoms with van der Waals surface area (Å²) in [6, 6.07) is 26.1. The van der Waals surface area contributed by atoms with Gasteiger partial charge < -0.3 is 14.7 Å². The van der Waals surface area contributed by atoms with Crippen molar-refractivity contribution in [2.45, 2.75) is 72.3 Å². The van der Waals surface area contributed by atoms with E-state index in [1.54, 1.807) is 0 Å². The van der Waals surface area contributed by atoms with Crippen molar-refractivity contribution in [3.8, 4) is 5.75 Å². The summed E-state index contributed by atoms with van der Waals surface area (Å²) in [5.41, 5.74) is 5.90. The fraction of sp³-hybridized carbons (Fsp3) is 0.379. The third kappa shape index (κ3) is 6.61. The Morgan fingerprint density at radius 3 is 2.16 bits per heavy atom. The van der Waals surface area contributed by atoms with Crippen LogP contribution in [0.5, 0.6) is 5.75 Å². The van der Waals surface area contributed by atoms with Crippen LogP contribution < -0.4 is 9.64 Å². The molecular formula is C29H37NO2. The minimum absolute atomic E-state index is 0.0499. The smallest absolute Gasteiger partial charge is 0.123 e. The summed E-state index contributed by atoms with van der Waals surface area (Å²) >= 11 is 0. The van der Waals surface area contributed by atoms with E-state index in [2.05, 4.69) is 75.1 Å². The summed E-state index contributed by atoms with van der Waals surface area (Å²) in [6.45, 7) is 9.59. The molecule has 0 radical (unpaired) electrons. The molecule has 170 valence electrons. The molecule has 0 unspecified atom stereocenters. The van der Waals surface area contributed by atoms with Crippen LogP contribution in [0.15, 0.2) is 72.8 Å². The molecule has 1 N–H and O–H groups in total. The SMILES string of the molecule is CC(C)N(c1cccc(CCCc2cc(CO)ccc2OCc2ccccc2)c1)C(C)C. The highest BCUT2D eigenvalue weighted by Gasteiger charge is 2.14. The summed E-state index contributed by atoms with van der Waals surface area (Å²) in [7, 11) is 0. The van der Waals surface area contributed by atoms with E-state index in [1.807, 2.05) is 30.3 Å². The van der Waals surface area contributed by atoms with Gasteiger partial charge in [-0.1, -0.05) is 48.5 Å². The van der Waals surface area contributed by atoms with E-state index >= 15 is 0 Å². The van der Waals surface area contributed by atoms with Crippen molar-refractivity contribution < 1.29 is 9.84 Å². The van der Waals surface area contributed by atoms with E-state index in [0.29, 0.717) is 18.7 Å². The van der Waals surface area contributed by atoms with Gasteiger partial charge in [-0.25, -0.2) is 0 Å². The third-order valence-electron chi connectivity index (χ3n) is 5.78. The van der Waals surface area contributed by atoms with Crippen LogP contribution in [0.1, 0.15) is 56.4 Å². The van der Waals surface area contributed by atoms with Crippen LogP contribution in [0.4, 0.5) is 5.69 Å². The Morgan fingerprint density at radius 2 is 1.47 bits per heavy atom. The van der Waals surface area contributed by atoms with Crippen molar-refractivity contribution >= 4 is 5.69 Å². The van der Waals surface area contributed by atoms with Gasteiger partial charge in [0.2, 0.25) is 0 Å². The summed E-state index contributed by atoms with van der Waals surface area (Å²) < 4.78 is 6.14. The first kappa shape index (κ1) is 23.9. The maximum Gasteiger partial charge on any atom is 0.123 e. The normalized spacial score (nSPS) is 11.2. The maximum atomic E-state index is 9.59. The van der Waals surface area contributed by atoms with Crippen molar-refractivity contribution in [2.24, 2.45) is 0 Å². The molecule has 0 aliphatic heterocycles. The maximum absolute atomic E-state index is 9.59. The minimum Gasteiger partial charge on any atom is -0.489 e. The van der Waals surface area contributed by atoms with E-state index in [9.17, 15) is 5.11 Å². The fourth-order valence-corrected chi connectivity index (χ4v) is 4.35. The molecule has 0 saturated carbocycles.